The number of aliphatic hydroxyl groups excluding tert-OH is 1. The van der Waals surface area contributed by atoms with Crippen LogP contribution in [0.2, 0.25) is 5.15 Å². The van der Waals surface area contributed by atoms with Gasteiger partial charge in [-0.05, 0) is 19.8 Å². The summed E-state index contributed by atoms with van der Waals surface area (Å²) >= 11 is 6.00. The zero-order chi connectivity index (χ0) is 13.0. The Hall–Kier alpha value is -0.910. The lowest BCUT2D eigenvalue weighted by molar-refractivity contribution is 0.0158. The third-order valence-electron chi connectivity index (χ3n) is 3.18. The summed E-state index contributed by atoms with van der Waals surface area (Å²) in [4.78, 5) is 10.5. The Balaban J connectivity index is 1.95. The second-order valence-electron chi connectivity index (χ2n) is 4.39. The molecule has 1 aliphatic heterocycles. The number of rotatable bonds is 4. The fourth-order valence-electron chi connectivity index (χ4n) is 2.19. The molecule has 0 unspecified atom stereocenters. The topological polar surface area (TPSA) is 58.5 Å². The molecule has 0 saturated carbocycles. The maximum Gasteiger partial charge on any atom is 0.137 e. The Bertz CT molecular complexity index is 395. The van der Waals surface area contributed by atoms with E-state index >= 15 is 0 Å². The monoisotopic (exact) mass is 271 g/mol. The number of nitrogens with zero attached hydrogens (tertiary/aromatic N) is 3. The van der Waals surface area contributed by atoms with Gasteiger partial charge in [-0.1, -0.05) is 11.6 Å². The fraction of sp³-hybridized carbons (Fsp3) is 0.667. The van der Waals surface area contributed by atoms with E-state index in [1.165, 1.54) is 6.33 Å². The van der Waals surface area contributed by atoms with Crippen LogP contribution in [0.25, 0.3) is 0 Å². The molecule has 2 rings (SSSR count). The molecule has 1 saturated heterocycles. The summed E-state index contributed by atoms with van der Waals surface area (Å²) in [5, 5.41) is 9.24. The predicted octanol–water partition coefficient (Wildman–Crippen LogP) is 1.42. The van der Waals surface area contributed by atoms with Gasteiger partial charge in [0, 0.05) is 18.7 Å². The zero-order valence-electron chi connectivity index (χ0n) is 10.5. The minimum absolute atomic E-state index is 0.0842. The largest absolute Gasteiger partial charge is 0.394 e. The van der Waals surface area contributed by atoms with Crippen LogP contribution in [0.1, 0.15) is 18.4 Å². The number of ether oxygens (including phenoxy) is 1. The van der Waals surface area contributed by atoms with Crippen molar-refractivity contribution in [1.29, 1.82) is 0 Å². The predicted molar refractivity (Wildman–Crippen MR) is 70.1 cm³/mol. The molecule has 18 heavy (non-hydrogen) atoms. The first kappa shape index (κ1) is 13.5. The van der Waals surface area contributed by atoms with Crippen molar-refractivity contribution in [3.05, 3.63) is 17.0 Å². The molecule has 100 valence electrons. The summed E-state index contributed by atoms with van der Waals surface area (Å²) in [6.45, 7) is 4.23. The molecule has 0 atom stereocenters. The molecule has 2 heterocycles. The van der Waals surface area contributed by atoms with Crippen molar-refractivity contribution in [2.45, 2.75) is 25.9 Å². The van der Waals surface area contributed by atoms with E-state index in [1.807, 2.05) is 6.92 Å². The second kappa shape index (κ2) is 6.31. The Morgan fingerprint density at radius 2 is 2.17 bits per heavy atom. The lowest BCUT2D eigenvalue weighted by Crippen LogP contribution is -2.38. The van der Waals surface area contributed by atoms with Crippen molar-refractivity contribution in [2.24, 2.45) is 0 Å². The summed E-state index contributed by atoms with van der Waals surface area (Å²) in [5.74, 6) is 0.913. The average Bonchev–Trinajstić information content (AvgIpc) is 2.40. The Morgan fingerprint density at radius 3 is 2.83 bits per heavy atom. The number of hydrogen-bond acceptors (Lipinski definition) is 5. The van der Waals surface area contributed by atoms with Crippen LogP contribution in [0.3, 0.4) is 0 Å². The number of piperidine rings is 1. The number of aliphatic hydroxyl groups is 1. The van der Waals surface area contributed by atoms with Gasteiger partial charge >= 0.3 is 0 Å². The molecule has 1 aromatic rings. The van der Waals surface area contributed by atoms with Gasteiger partial charge in [-0.15, -0.1) is 0 Å². The smallest absolute Gasteiger partial charge is 0.137 e. The maximum absolute atomic E-state index is 8.73. The Labute approximate surface area is 112 Å². The number of halogens is 1. The molecule has 0 spiro atoms. The summed E-state index contributed by atoms with van der Waals surface area (Å²) in [6, 6.07) is 0. The minimum atomic E-state index is 0.0842. The summed E-state index contributed by atoms with van der Waals surface area (Å²) < 4.78 is 5.53. The zero-order valence-corrected chi connectivity index (χ0v) is 11.2. The van der Waals surface area contributed by atoms with Gasteiger partial charge < -0.3 is 14.7 Å². The van der Waals surface area contributed by atoms with Crippen molar-refractivity contribution >= 4 is 17.4 Å². The third-order valence-corrected chi connectivity index (χ3v) is 3.56. The van der Waals surface area contributed by atoms with Gasteiger partial charge in [0.2, 0.25) is 0 Å². The van der Waals surface area contributed by atoms with E-state index in [9.17, 15) is 0 Å². The molecule has 0 aliphatic carbocycles. The van der Waals surface area contributed by atoms with Crippen LogP contribution in [-0.2, 0) is 4.74 Å². The highest BCUT2D eigenvalue weighted by Crippen LogP contribution is 2.25. The third kappa shape index (κ3) is 3.10. The quantitative estimate of drug-likeness (QED) is 0.840. The minimum Gasteiger partial charge on any atom is -0.394 e. The molecule has 1 N–H and O–H groups in total. The molecule has 0 aromatic carbocycles. The molecule has 1 aromatic heterocycles. The van der Waals surface area contributed by atoms with E-state index in [0.717, 1.165) is 37.3 Å². The molecule has 5 nitrogen and oxygen atoms in total. The van der Waals surface area contributed by atoms with Crippen LogP contribution in [-0.4, -0.2) is 47.5 Å². The second-order valence-corrected chi connectivity index (χ2v) is 4.75. The SMILES string of the molecule is Cc1c(Cl)ncnc1N1CCC(OCCO)CC1. The standard InChI is InChI=1S/C12H18ClN3O2/c1-9-11(13)14-8-15-12(9)16-4-2-10(3-5-16)18-7-6-17/h8,10,17H,2-7H2,1H3. The fourth-order valence-corrected chi connectivity index (χ4v) is 2.32. The van der Waals surface area contributed by atoms with Crippen LogP contribution in [0.15, 0.2) is 6.33 Å². The van der Waals surface area contributed by atoms with Crippen LogP contribution < -0.4 is 4.90 Å². The van der Waals surface area contributed by atoms with Crippen LogP contribution in [0, 0.1) is 6.92 Å². The first-order chi connectivity index (χ1) is 8.72. The number of hydrogen-bond donors (Lipinski definition) is 1. The van der Waals surface area contributed by atoms with Gasteiger partial charge in [-0.2, -0.15) is 0 Å². The van der Waals surface area contributed by atoms with E-state index < -0.39 is 0 Å². The van der Waals surface area contributed by atoms with E-state index in [1.54, 1.807) is 0 Å². The highest BCUT2D eigenvalue weighted by Gasteiger charge is 2.22. The molecular weight excluding hydrogens is 254 g/mol. The molecule has 1 aliphatic rings. The van der Waals surface area contributed by atoms with Crippen LogP contribution in [0.5, 0.6) is 0 Å². The Kier molecular flexibility index (Phi) is 4.74. The van der Waals surface area contributed by atoms with Gasteiger partial charge in [-0.3, -0.25) is 0 Å². The first-order valence-electron chi connectivity index (χ1n) is 6.17. The van der Waals surface area contributed by atoms with Crippen LogP contribution in [0.4, 0.5) is 5.82 Å². The van der Waals surface area contributed by atoms with Crippen LogP contribution >= 0.6 is 11.6 Å². The molecule has 6 heteroatoms. The van der Waals surface area contributed by atoms with E-state index in [2.05, 4.69) is 14.9 Å². The van der Waals surface area contributed by atoms with Gasteiger partial charge in [0.05, 0.1) is 19.3 Å². The highest BCUT2D eigenvalue weighted by molar-refractivity contribution is 6.30. The summed E-state index contributed by atoms with van der Waals surface area (Å²) in [6.07, 6.45) is 3.63. The lowest BCUT2D eigenvalue weighted by Gasteiger charge is -2.33. The highest BCUT2D eigenvalue weighted by atomic mass is 35.5. The lowest BCUT2D eigenvalue weighted by atomic mass is 10.1. The number of anilines is 1. The first-order valence-corrected chi connectivity index (χ1v) is 6.54. The van der Waals surface area contributed by atoms with Gasteiger partial charge in [0.1, 0.15) is 17.3 Å². The van der Waals surface area contributed by atoms with Gasteiger partial charge in [-0.25, -0.2) is 9.97 Å². The number of aromatic nitrogens is 2. The van der Waals surface area contributed by atoms with Crippen molar-refractivity contribution in [3.8, 4) is 0 Å². The maximum atomic E-state index is 8.73. The van der Waals surface area contributed by atoms with Gasteiger partial charge in [0.15, 0.2) is 0 Å². The average molecular weight is 272 g/mol. The van der Waals surface area contributed by atoms with Crippen molar-refractivity contribution in [2.75, 3.05) is 31.2 Å². The molecule has 0 radical (unpaired) electrons. The molecule has 0 amide bonds. The molecule has 0 bridgehead atoms. The van der Waals surface area contributed by atoms with E-state index in [0.29, 0.717) is 11.8 Å². The summed E-state index contributed by atoms with van der Waals surface area (Å²) in [5.41, 5.74) is 0.925. The Morgan fingerprint density at radius 1 is 1.44 bits per heavy atom. The van der Waals surface area contributed by atoms with Gasteiger partial charge in [0.25, 0.3) is 0 Å². The van der Waals surface area contributed by atoms with Crippen molar-refractivity contribution in [1.82, 2.24) is 9.97 Å². The van der Waals surface area contributed by atoms with Crippen molar-refractivity contribution in [3.63, 3.8) is 0 Å². The molecule has 1 fully saturated rings. The van der Waals surface area contributed by atoms with E-state index in [-0.39, 0.29) is 12.7 Å². The van der Waals surface area contributed by atoms with E-state index in [4.69, 9.17) is 21.4 Å². The molecular formula is C12H18ClN3O2. The summed E-state index contributed by atoms with van der Waals surface area (Å²) in [7, 11) is 0. The van der Waals surface area contributed by atoms with Crippen molar-refractivity contribution < 1.29 is 9.84 Å². The normalized spacial score (nSPS) is 17.2.